The number of carboxylic acids is 1. The first kappa shape index (κ1) is 13.7. The second-order valence-electron chi connectivity index (χ2n) is 5.37. The van der Waals surface area contributed by atoms with Gasteiger partial charge in [-0.05, 0) is 30.4 Å². The van der Waals surface area contributed by atoms with Gasteiger partial charge in [-0.2, -0.15) is 0 Å². The van der Waals surface area contributed by atoms with Gasteiger partial charge in [0.25, 0.3) is 0 Å². The highest BCUT2D eigenvalue weighted by atomic mass is 32.2. The maximum atomic E-state index is 12.2. The average Bonchev–Trinajstić information content (AvgIpc) is 2.98. The average molecular weight is 309 g/mol. The van der Waals surface area contributed by atoms with Gasteiger partial charge in [0.15, 0.2) is 0 Å². The van der Waals surface area contributed by atoms with Crippen molar-refractivity contribution in [2.24, 2.45) is 5.41 Å². The fourth-order valence-corrected chi connectivity index (χ4v) is 5.29. The minimum Gasteiger partial charge on any atom is -0.481 e. The van der Waals surface area contributed by atoms with Crippen molar-refractivity contribution < 1.29 is 14.1 Å². The van der Waals surface area contributed by atoms with E-state index in [9.17, 15) is 9.00 Å². The molecule has 0 radical (unpaired) electrons. The number of carboxylic acid groups (broad SMARTS) is 1. The molecule has 0 bridgehead atoms. The van der Waals surface area contributed by atoms with Gasteiger partial charge in [-0.25, -0.2) is 4.98 Å². The lowest BCUT2D eigenvalue weighted by molar-refractivity contribution is -0.138. The molecule has 0 saturated heterocycles. The summed E-state index contributed by atoms with van der Waals surface area (Å²) in [5.41, 5.74) is 0.726. The smallest absolute Gasteiger partial charge is 0.303 e. The highest BCUT2D eigenvalue weighted by Crippen LogP contribution is 2.49. The van der Waals surface area contributed by atoms with E-state index in [4.69, 9.17) is 5.11 Å². The molecular formula is C14H15NO3S2. The number of nitrogens with zero attached hydrogens (tertiary/aromatic N) is 1. The summed E-state index contributed by atoms with van der Waals surface area (Å²) in [6, 6.07) is 7.86. The first-order valence-electron chi connectivity index (χ1n) is 6.48. The minimum atomic E-state index is -1.04. The van der Waals surface area contributed by atoms with E-state index in [0.717, 1.165) is 28.1 Å². The molecule has 6 heteroatoms. The summed E-state index contributed by atoms with van der Waals surface area (Å²) in [4.78, 5) is 15.3. The van der Waals surface area contributed by atoms with Crippen LogP contribution in [0.2, 0.25) is 0 Å². The largest absolute Gasteiger partial charge is 0.481 e. The molecule has 0 amide bonds. The van der Waals surface area contributed by atoms with Crippen molar-refractivity contribution in [3.05, 3.63) is 29.3 Å². The van der Waals surface area contributed by atoms with Crippen LogP contribution in [0.25, 0.3) is 10.2 Å². The van der Waals surface area contributed by atoms with Gasteiger partial charge < -0.3 is 5.11 Å². The Labute approximate surface area is 123 Å². The molecule has 1 N–H and O–H groups in total. The number of carbonyl (C=O) groups is 1. The summed E-state index contributed by atoms with van der Waals surface area (Å²) in [6.45, 7) is 0. The van der Waals surface area contributed by atoms with E-state index in [2.05, 4.69) is 4.98 Å². The number of para-hydroxylation sites is 1. The molecule has 20 heavy (non-hydrogen) atoms. The number of hydrogen-bond donors (Lipinski definition) is 1. The maximum Gasteiger partial charge on any atom is 0.303 e. The highest BCUT2D eigenvalue weighted by Gasteiger charge is 2.45. The Kier molecular flexibility index (Phi) is 3.60. The second-order valence-corrected chi connectivity index (χ2v) is 7.95. The molecule has 1 unspecified atom stereocenters. The summed E-state index contributed by atoms with van der Waals surface area (Å²) in [6.07, 6.45) is 1.90. The lowest BCUT2D eigenvalue weighted by Gasteiger charge is -2.10. The Morgan fingerprint density at radius 2 is 2.15 bits per heavy atom. The van der Waals surface area contributed by atoms with Crippen LogP contribution in [-0.4, -0.2) is 26.0 Å². The molecule has 1 aliphatic carbocycles. The summed E-state index contributed by atoms with van der Waals surface area (Å²) in [5, 5.41) is 9.75. The van der Waals surface area contributed by atoms with Gasteiger partial charge in [-0.1, -0.05) is 12.1 Å². The molecular weight excluding hydrogens is 294 g/mol. The van der Waals surface area contributed by atoms with E-state index in [-0.39, 0.29) is 11.8 Å². The van der Waals surface area contributed by atoms with E-state index >= 15 is 0 Å². The van der Waals surface area contributed by atoms with Crippen LogP contribution in [0.3, 0.4) is 0 Å². The molecule has 1 fully saturated rings. The van der Waals surface area contributed by atoms with Gasteiger partial charge >= 0.3 is 5.97 Å². The predicted molar refractivity (Wildman–Crippen MR) is 80.3 cm³/mol. The second kappa shape index (κ2) is 5.26. The summed E-state index contributed by atoms with van der Waals surface area (Å²) in [5.74, 6) is 0.120. The zero-order valence-electron chi connectivity index (χ0n) is 10.9. The number of aromatic nitrogens is 1. The standard InChI is InChI=1S/C14H15NO3S2/c16-13(17)7-14(5-6-14)9-20(18)8-12-15-10-3-1-2-4-11(10)19-12/h1-4H,5-9H2,(H,16,17). The van der Waals surface area contributed by atoms with E-state index < -0.39 is 16.8 Å². The van der Waals surface area contributed by atoms with Gasteiger partial charge in [0.2, 0.25) is 0 Å². The third kappa shape index (κ3) is 3.07. The molecule has 106 valence electrons. The number of hydrogen-bond acceptors (Lipinski definition) is 4. The van der Waals surface area contributed by atoms with Crippen LogP contribution in [-0.2, 0) is 21.3 Å². The molecule has 1 aromatic heterocycles. The van der Waals surface area contributed by atoms with Crippen molar-refractivity contribution in [3.8, 4) is 0 Å². The Morgan fingerprint density at radius 1 is 1.40 bits per heavy atom. The van der Waals surface area contributed by atoms with Crippen molar-refractivity contribution in [1.29, 1.82) is 0 Å². The number of fused-ring (bicyclic) bond motifs is 1. The lowest BCUT2D eigenvalue weighted by atomic mass is 10.1. The zero-order chi connectivity index (χ0) is 14.2. The Morgan fingerprint density at radius 3 is 2.80 bits per heavy atom. The molecule has 1 saturated carbocycles. The SMILES string of the molecule is O=C(O)CC1(CS(=O)Cc2nc3ccccc3s2)CC1. The number of rotatable bonds is 6. The van der Waals surface area contributed by atoms with Crippen LogP contribution in [0.4, 0.5) is 0 Å². The third-order valence-electron chi connectivity index (χ3n) is 3.57. The Bertz CT molecular complexity index is 643. The zero-order valence-corrected chi connectivity index (χ0v) is 12.5. The fourth-order valence-electron chi connectivity index (χ4n) is 2.38. The molecule has 0 aliphatic heterocycles. The topological polar surface area (TPSA) is 67.3 Å². The molecule has 1 heterocycles. The normalized spacial score (nSPS) is 18.0. The quantitative estimate of drug-likeness (QED) is 0.891. The van der Waals surface area contributed by atoms with Gasteiger partial charge in [-0.15, -0.1) is 11.3 Å². The number of aliphatic carboxylic acids is 1. The van der Waals surface area contributed by atoms with Crippen molar-refractivity contribution in [1.82, 2.24) is 4.98 Å². The van der Waals surface area contributed by atoms with Crippen molar-refractivity contribution in [2.75, 3.05) is 5.75 Å². The summed E-state index contributed by atoms with van der Waals surface area (Å²) in [7, 11) is -1.04. The first-order valence-corrected chi connectivity index (χ1v) is 8.78. The van der Waals surface area contributed by atoms with E-state index in [1.807, 2.05) is 24.3 Å². The predicted octanol–water partition coefficient (Wildman–Crippen LogP) is 2.80. The fraction of sp³-hybridized carbons (Fsp3) is 0.429. The van der Waals surface area contributed by atoms with Crippen LogP contribution in [0, 0.1) is 5.41 Å². The Hall–Kier alpha value is -1.27. The monoisotopic (exact) mass is 309 g/mol. The number of thiazole rings is 1. The number of benzene rings is 1. The van der Waals surface area contributed by atoms with Gasteiger partial charge in [-0.3, -0.25) is 9.00 Å². The van der Waals surface area contributed by atoms with Crippen molar-refractivity contribution in [3.63, 3.8) is 0 Å². The maximum absolute atomic E-state index is 12.2. The van der Waals surface area contributed by atoms with Gasteiger partial charge in [0.1, 0.15) is 5.01 Å². The summed E-state index contributed by atoms with van der Waals surface area (Å²) >= 11 is 1.57. The Balaban J connectivity index is 1.65. The van der Waals surface area contributed by atoms with Crippen molar-refractivity contribution >= 4 is 38.3 Å². The highest BCUT2D eigenvalue weighted by molar-refractivity contribution is 7.84. The molecule has 1 atom stereocenters. The molecule has 0 spiro atoms. The lowest BCUT2D eigenvalue weighted by Crippen LogP contribution is -2.17. The summed E-state index contributed by atoms with van der Waals surface area (Å²) < 4.78 is 13.3. The van der Waals surface area contributed by atoms with Crippen molar-refractivity contribution in [2.45, 2.75) is 25.0 Å². The molecule has 3 rings (SSSR count). The molecule has 1 aliphatic rings. The van der Waals surface area contributed by atoms with Crippen LogP contribution < -0.4 is 0 Å². The van der Waals surface area contributed by atoms with Gasteiger partial charge in [0, 0.05) is 16.6 Å². The molecule has 4 nitrogen and oxygen atoms in total. The van der Waals surface area contributed by atoms with Crippen LogP contribution in [0.1, 0.15) is 24.3 Å². The molecule has 1 aromatic carbocycles. The van der Waals surface area contributed by atoms with Gasteiger partial charge in [0.05, 0.1) is 22.4 Å². The van der Waals surface area contributed by atoms with Crippen LogP contribution >= 0.6 is 11.3 Å². The van der Waals surface area contributed by atoms with E-state index in [1.54, 1.807) is 11.3 Å². The van der Waals surface area contributed by atoms with E-state index in [1.165, 1.54) is 0 Å². The minimum absolute atomic E-state index is 0.137. The van der Waals surface area contributed by atoms with E-state index in [0.29, 0.717) is 11.5 Å². The van der Waals surface area contributed by atoms with Crippen LogP contribution in [0.5, 0.6) is 0 Å². The third-order valence-corrected chi connectivity index (χ3v) is 6.32. The first-order chi connectivity index (χ1) is 9.56. The van der Waals surface area contributed by atoms with Crippen LogP contribution in [0.15, 0.2) is 24.3 Å². The molecule has 2 aromatic rings.